The van der Waals surface area contributed by atoms with Gasteiger partial charge < -0.3 is 4.90 Å². The highest BCUT2D eigenvalue weighted by Gasteiger charge is 2.18. The minimum atomic E-state index is 0.482. The molecule has 1 heterocycles. The zero-order valence-electron chi connectivity index (χ0n) is 12.4. The number of hydrogen-bond donors (Lipinski definition) is 0. The quantitative estimate of drug-likeness (QED) is 0.701. The minimum absolute atomic E-state index is 0.482. The molecule has 0 aromatic heterocycles. The first-order valence-electron chi connectivity index (χ1n) is 7.29. The van der Waals surface area contributed by atoms with E-state index in [2.05, 4.69) is 80.3 Å². The lowest BCUT2D eigenvalue weighted by atomic mass is 9.95. The number of rotatable bonds is 1. The summed E-state index contributed by atoms with van der Waals surface area (Å²) in [6, 6.07) is 17.9. The van der Waals surface area contributed by atoms with E-state index in [1.54, 1.807) is 0 Å². The summed E-state index contributed by atoms with van der Waals surface area (Å²) in [5.74, 6) is 0. The average Bonchev–Trinajstić information content (AvgIpc) is 2.44. The fraction of sp³-hybridized carbons (Fsp3) is 0.263. The molecule has 0 saturated carbocycles. The van der Waals surface area contributed by atoms with Crippen LogP contribution in [0.2, 0.25) is 0 Å². The number of nitrogens with zero attached hydrogens (tertiary/aromatic N) is 1. The maximum atomic E-state index is 2.49. The Kier molecular flexibility index (Phi) is 3.35. The Labute approximate surface area is 121 Å². The SMILES string of the molecule is C/C1=C/c2ccccc2CN(C(C)C)c2ccccc21. The standard InChI is InChI=1S/C19H21N/c1-14(2)20-13-17-9-5-4-8-16(17)12-15(3)18-10-6-7-11-19(18)20/h4-12,14H,13H2,1-3H3/b15-12-. The fourth-order valence-electron chi connectivity index (χ4n) is 2.92. The Hall–Kier alpha value is -2.02. The van der Waals surface area contributed by atoms with Gasteiger partial charge in [0.15, 0.2) is 0 Å². The summed E-state index contributed by atoms with van der Waals surface area (Å²) < 4.78 is 0. The second-order valence-corrected chi connectivity index (χ2v) is 5.76. The van der Waals surface area contributed by atoms with Gasteiger partial charge in [0.05, 0.1) is 0 Å². The number of anilines is 1. The van der Waals surface area contributed by atoms with Crippen molar-refractivity contribution in [2.75, 3.05) is 4.90 Å². The minimum Gasteiger partial charge on any atom is -0.364 e. The van der Waals surface area contributed by atoms with E-state index in [4.69, 9.17) is 0 Å². The van der Waals surface area contributed by atoms with Gasteiger partial charge in [0.1, 0.15) is 0 Å². The molecule has 0 aliphatic carbocycles. The lowest BCUT2D eigenvalue weighted by Crippen LogP contribution is -2.31. The second kappa shape index (κ2) is 5.16. The van der Waals surface area contributed by atoms with E-state index in [0.717, 1.165) is 6.54 Å². The smallest absolute Gasteiger partial charge is 0.0447 e. The summed E-state index contributed by atoms with van der Waals surface area (Å²) in [7, 11) is 0. The van der Waals surface area contributed by atoms with Crippen molar-refractivity contribution in [1.82, 2.24) is 0 Å². The Morgan fingerprint density at radius 3 is 2.45 bits per heavy atom. The van der Waals surface area contributed by atoms with Gasteiger partial charge in [-0.05, 0) is 43.5 Å². The molecule has 3 rings (SSSR count). The topological polar surface area (TPSA) is 3.24 Å². The Balaban J connectivity index is 2.24. The van der Waals surface area contributed by atoms with Crippen LogP contribution in [0.5, 0.6) is 0 Å². The van der Waals surface area contributed by atoms with Crippen LogP contribution in [-0.2, 0) is 6.54 Å². The first-order valence-corrected chi connectivity index (χ1v) is 7.29. The molecule has 2 aromatic rings. The molecule has 1 aliphatic heterocycles. The fourth-order valence-corrected chi connectivity index (χ4v) is 2.92. The van der Waals surface area contributed by atoms with Gasteiger partial charge in [-0.2, -0.15) is 0 Å². The molecule has 0 atom stereocenters. The van der Waals surface area contributed by atoms with Crippen molar-refractivity contribution >= 4 is 17.3 Å². The molecular weight excluding hydrogens is 242 g/mol. The lowest BCUT2D eigenvalue weighted by Gasteiger charge is -2.33. The molecule has 0 unspecified atom stereocenters. The van der Waals surface area contributed by atoms with E-state index < -0.39 is 0 Å². The summed E-state index contributed by atoms with van der Waals surface area (Å²) in [5.41, 5.74) is 6.75. The maximum Gasteiger partial charge on any atom is 0.0447 e. The average molecular weight is 263 g/mol. The van der Waals surface area contributed by atoms with E-state index >= 15 is 0 Å². The molecule has 0 radical (unpaired) electrons. The van der Waals surface area contributed by atoms with E-state index in [0.29, 0.717) is 6.04 Å². The lowest BCUT2D eigenvalue weighted by molar-refractivity contribution is 0.681. The number of fused-ring (bicyclic) bond motifs is 2. The van der Waals surface area contributed by atoms with Crippen LogP contribution in [-0.4, -0.2) is 6.04 Å². The number of benzene rings is 2. The number of allylic oxidation sites excluding steroid dienone is 1. The summed E-state index contributed by atoms with van der Waals surface area (Å²) in [6.45, 7) is 7.70. The third kappa shape index (κ3) is 2.24. The van der Waals surface area contributed by atoms with Crippen molar-refractivity contribution in [3.8, 4) is 0 Å². The van der Waals surface area contributed by atoms with Gasteiger partial charge in [0.2, 0.25) is 0 Å². The van der Waals surface area contributed by atoms with Crippen molar-refractivity contribution in [3.05, 3.63) is 65.2 Å². The summed E-state index contributed by atoms with van der Waals surface area (Å²) >= 11 is 0. The predicted octanol–water partition coefficient (Wildman–Crippen LogP) is 4.98. The van der Waals surface area contributed by atoms with Crippen LogP contribution in [0, 0.1) is 0 Å². The van der Waals surface area contributed by atoms with Crippen LogP contribution in [0.25, 0.3) is 11.6 Å². The van der Waals surface area contributed by atoms with Crippen molar-refractivity contribution in [3.63, 3.8) is 0 Å². The van der Waals surface area contributed by atoms with Gasteiger partial charge in [-0.1, -0.05) is 48.5 Å². The van der Waals surface area contributed by atoms with Crippen LogP contribution < -0.4 is 4.90 Å². The van der Waals surface area contributed by atoms with E-state index in [1.807, 2.05) is 0 Å². The first kappa shape index (κ1) is 13.0. The van der Waals surface area contributed by atoms with Gasteiger partial charge >= 0.3 is 0 Å². The molecule has 0 spiro atoms. The first-order chi connectivity index (χ1) is 9.66. The van der Waals surface area contributed by atoms with Gasteiger partial charge in [-0.25, -0.2) is 0 Å². The van der Waals surface area contributed by atoms with E-state index in [1.165, 1.54) is 28.0 Å². The van der Waals surface area contributed by atoms with Crippen LogP contribution in [0.3, 0.4) is 0 Å². The summed E-state index contributed by atoms with van der Waals surface area (Å²) in [6.07, 6.45) is 2.31. The Morgan fingerprint density at radius 2 is 1.65 bits per heavy atom. The third-order valence-electron chi connectivity index (χ3n) is 4.03. The highest BCUT2D eigenvalue weighted by molar-refractivity contribution is 5.87. The largest absolute Gasteiger partial charge is 0.364 e. The molecule has 0 N–H and O–H groups in total. The van der Waals surface area contributed by atoms with Crippen LogP contribution in [0.1, 0.15) is 37.5 Å². The monoisotopic (exact) mass is 263 g/mol. The summed E-state index contributed by atoms with van der Waals surface area (Å²) in [4.78, 5) is 2.49. The zero-order valence-corrected chi connectivity index (χ0v) is 12.4. The van der Waals surface area contributed by atoms with Crippen molar-refractivity contribution in [1.29, 1.82) is 0 Å². The van der Waals surface area contributed by atoms with Crippen molar-refractivity contribution < 1.29 is 0 Å². The van der Waals surface area contributed by atoms with Crippen LogP contribution in [0.4, 0.5) is 5.69 Å². The molecular formula is C19H21N. The molecule has 0 fully saturated rings. The van der Waals surface area contributed by atoms with Crippen molar-refractivity contribution in [2.45, 2.75) is 33.4 Å². The van der Waals surface area contributed by atoms with Gasteiger partial charge in [0.25, 0.3) is 0 Å². The molecule has 102 valence electrons. The maximum absolute atomic E-state index is 2.49. The Morgan fingerprint density at radius 1 is 0.950 bits per heavy atom. The van der Waals surface area contributed by atoms with Crippen molar-refractivity contribution in [2.24, 2.45) is 0 Å². The second-order valence-electron chi connectivity index (χ2n) is 5.76. The van der Waals surface area contributed by atoms with Gasteiger partial charge in [-0.3, -0.25) is 0 Å². The molecule has 1 heteroatoms. The number of para-hydroxylation sites is 1. The van der Waals surface area contributed by atoms with Crippen LogP contribution in [0.15, 0.2) is 48.5 Å². The highest BCUT2D eigenvalue weighted by Crippen LogP contribution is 2.34. The van der Waals surface area contributed by atoms with E-state index in [-0.39, 0.29) is 0 Å². The van der Waals surface area contributed by atoms with E-state index in [9.17, 15) is 0 Å². The Bertz CT molecular complexity index is 652. The van der Waals surface area contributed by atoms with Gasteiger partial charge in [0, 0.05) is 23.8 Å². The molecule has 2 aromatic carbocycles. The molecule has 0 saturated heterocycles. The van der Waals surface area contributed by atoms with Gasteiger partial charge in [-0.15, -0.1) is 0 Å². The van der Waals surface area contributed by atoms with Crippen LogP contribution >= 0.6 is 0 Å². The molecule has 1 aliphatic rings. The predicted molar refractivity (Wildman–Crippen MR) is 87.7 cm³/mol. The summed E-state index contributed by atoms with van der Waals surface area (Å²) in [5, 5.41) is 0. The number of hydrogen-bond acceptors (Lipinski definition) is 1. The molecule has 0 bridgehead atoms. The molecule has 0 amide bonds. The highest BCUT2D eigenvalue weighted by atomic mass is 15.2. The molecule has 20 heavy (non-hydrogen) atoms. The zero-order chi connectivity index (χ0) is 14.1. The third-order valence-corrected chi connectivity index (χ3v) is 4.03. The molecule has 1 nitrogen and oxygen atoms in total. The normalized spacial score (nSPS) is 16.8.